The van der Waals surface area contributed by atoms with Crippen LogP contribution in [-0.2, 0) is 16.0 Å². The zero-order valence-electron chi connectivity index (χ0n) is 16.3. The fourth-order valence-corrected chi connectivity index (χ4v) is 5.00. The maximum Gasteiger partial charge on any atom is 0.231 e. The molecule has 2 heterocycles. The summed E-state index contributed by atoms with van der Waals surface area (Å²) in [4.78, 5) is 26.6. The molecule has 1 saturated carbocycles. The number of anilines is 1. The van der Waals surface area contributed by atoms with Crippen LogP contribution in [0.25, 0.3) is 0 Å². The zero-order valence-corrected chi connectivity index (χ0v) is 17.1. The minimum absolute atomic E-state index is 0.0209. The molecule has 2 amide bonds. The zero-order chi connectivity index (χ0) is 20.2. The molecule has 4 rings (SSSR count). The minimum atomic E-state index is -0.377. The second-order valence-corrected chi connectivity index (χ2v) is 8.90. The van der Waals surface area contributed by atoms with Gasteiger partial charge in [-0.2, -0.15) is 0 Å². The molecule has 1 aromatic carbocycles. The van der Waals surface area contributed by atoms with E-state index in [0.29, 0.717) is 30.6 Å². The van der Waals surface area contributed by atoms with E-state index in [-0.39, 0.29) is 30.0 Å². The second kappa shape index (κ2) is 8.98. The Morgan fingerprint density at radius 1 is 1.17 bits per heavy atom. The molecule has 1 aromatic heterocycles. The molecule has 0 radical (unpaired) electrons. The molecule has 1 atom stereocenters. The van der Waals surface area contributed by atoms with Crippen molar-refractivity contribution in [3.05, 3.63) is 40.7 Å². The number of halogens is 1. The van der Waals surface area contributed by atoms with Crippen LogP contribution in [0.1, 0.15) is 55.0 Å². The summed E-state index contributed by atoms with van der Waals surface area (Å²) < 4.78 is 13.0. The number of aromatic nitrogens is 2. The SMILES string of the molecule is O=C(Nc1nnc(C2CCCCC2)s1)C1CC(=O)N(CCc2ccc(F)cc2)C1. The van der Waals surface area contributed by atoms with Gasteiger partial charge >= 0.3 is 0 Å². The summed E-state index contributed by atoms with van der Waals surface area (Å²) in [6.45, 7) is 0.930. The van der Waals surface area contributed by atoms with Crippen molar-refractivity contribution in [3.8, 4) is 0 Å². The van der Waals surface area contributed by atoms with Gasteiger partial charge in [-0.15, -0.1) is 10.2 Å². The molecule has 2 fully saturated rings. The number of carbonyl (C=O) groups is 2. The molecule has 1 saturated heterocycles. The Morgan fingerprint density at radius 2 is 1.93 bits per heavy atom. The van der Waals surface area contributed by atoms with Gasteiger partial charge in [0.2, 0.25) is 16.9 Å². The highest BCUT2D eigenvalue weighted by molar-refractivity contribution is 7.15. The Morgan fingerprint density at radius 3 is 2.69 bits per heavy atom. The number of hydrogen-bond donors (Lipinski definition) is 1. The molecule has 2 aliphatic rings. The summed E-state index contributed by atoms with van der Waals surface area (Å²) in [6, 6.07) is 6.28. The van der Waals surface area contributed by atoms with E-state index in [2.05, 4.69) is 15.5 Å². The fraction of sp³-hybridized carbons (Fsp3) is 0.524. The molecule has 29 heavy (non-hydrogen) atoms. The van der Waals surface area contributed by atoms with Crippen LogP contribution in [0.3, 0.4) is 0 Å². The standard InChI is InChI=1S/C21H25FN4O2S/c22-17-8-6-14(7-9-17)10-11-26-13-16(12-18(26)27)19(28)23-21-25-24-20(29-21)15-4-2-1-3-5-15/h6-9,15-16H,1-5,10-13H2,(H,23,25,28). The van der Waals surface area contributed by atoms with Gasteiger partial charge in [-0.3, -0.25) is 9.59 Å². The molecule has 1 aliphatic heterocycles. The van der Waals surface area contributed by atoms with Crippen molar-refractivity contribution in [2.45, 2.75) is 50.9 Å². The van der Waals surface area contributed by atoms with Gasteiger partial charge in [0, 0.05) is 25.4 Å². The van der Waals surface area contributed by atoms with Gasteiger partial charge in [0.25, 0.3) is 0 Å². The third-order valence-electron chi connectivity index (χ3n) is 5.79. The first-order valence-electron chi connectivity index (χ1n) is 10.2. The third-order valence-corrected chi connectivity index (χ3v) is 6.80. The number of hydrogen-bond acceptors (Lipinski definition) is 5. The van der Waals surface area contributed by atoms with Crippen molar-refractivity contribution in [2.24, 2.45) is 5.92 Å². The van der Waals surface area contributed by atoms with E-state index >= 15 is 0 Å². The second-order valence-electron chi connectivity index (χ2n) is 7.89. The minimum Gasteiger partial charge on any atom is -0.342 e. The highest BCUT2D eigenvalue weighted by Gasteiger charge is 2.34. The summed E-state index contributed by atoms with van der Waals surface area (Å²) in [7, 11) is 0. The molecule has 6 nitrogen and oxygen atoms in total. The number of benzene rings is 1. The lowest BCUT2D eigenvalue weighted by molar-refractivity contribution is -0.128. The van der Waals surface area contributed by atoms with Crippen molar-refractivity contribution in [1.29, 1.82) is 0 Å². The molecule has 0 spiro atoms. The number of amides is 2. The number of rotatable bonds is 6. The third kappa shape index (κ3) is 4.98. The number of nitrogens with one attached hydrogen (secondary N) is 1. The highest BCUT2D eigenvalue weighted by Crippen LogP contribution is 2.35. The van der Waals surface area contributed by atoms with E-state index in [9.17, 15) is 14.0 Å². The van der Waals surface area contributed by atoms with Crippen LogP contribution in [0, 0.1) is 11.7 Å². The summed E-state index contributed by atoms with van der Waals surface area (Å²) >= 11 is 1.45. The van der Waals surface area contributed by atoms with Crippen LogP contribution < -0.4 is 5.32 Å². The predicted octanol–water partition coefficient (Wildman–Crippen LogP) is 3.75. The summed E-state index contributed by atoms with van der Waals surface area (Å²) in [6.07, 6.45) is 6.87. The van der Waals surface area contributed by atoms with Crippen LogP contribution >= 0.6 is 11.3 Å². The normalized spacial score (nSPS) is 20.2. The van der Waals surface area contributed by atoms with Crippen LogP contribution in [0.15, 0.2) is 24.3 Å². The Bertz CT molecular complexity index is 864. The van der Waals surface area contributed by atoms with Crippen LogP contribution in [-0.4, -0.2) is 40.0 Å². The van der Waals surface area contributed by atoms with Crippen molar-refractivity contribution in [2.75, 3.05) is 18.4 Å². The molecular formula is C21H25FN4O2S. The average molecular weight is 417 g/mol. The Hall–Kier alpha value is -2.35. The van der Waals surface area contributed by atoms with E-state index in [4.69, 9.17) is 0 Å². The van der Waals surface area contributed by atoms with E-state index in [1.165, 1.54) is 42.7 Å². The molecule has 8 heteroatoms. The van der Waals surface area contributed by atoms with Gasteiger partial charge in [-0.05, 0) is 37.0 Å². The van der Waals surface area contributed by atoms with Gasteiger partial charge in [0.1, 0.15) is 10.8 Å². The van der Waals surface area contributed by atoms with E-state index in [1.807, 2.05) is 0 Å². The van der Waals surface area contributed by atoms with Gasteiger partial charge in [-0.25, -0.2) is 4.39 Å². The maximum absolute atomic E-state index is 13.0. The predicted molar refractivity (Wildman–Crippen MR) is 109 cm³/mol. The van der Waals surface area contributed by atoms with Crippen LogP contribution in [0.5, 0.6) is 0 Å². The van der Waals surface area contributed by atoms with E-state index < -0.39 is 0 Å². The Kier molecular flexibility index (Phi) is 6.18. The van der Waals surface area contributed by atoms with Crippen molar-refractivity contribution < 1.29 is 14.0 Å². The molecule has 1 N–H and O–H groups in total. The number of nitrogens with zero attached hydrogens (tertiary/aromatic N) is 3. The summed E-state index contributed by atoms with van der Waals surface area (Å²) in [5.41, 5.74) is 0.969. The first-order chi connectivity index (χ1) is 14.1. The monoisotopic (exact) mass is 416 g/mol. The lowest BCUT2D eigenvalue weighted by Gasteiger charge is -2.18. The smallest absolute Gasteiger partial charge is 0.231 e. The van der Waals surface area contributed by atoms with Crippen molar-refractivity contribution in [1.82, 2.24) is 15.1 Å². The Labute approximate surface area is 173 Å². The summed E-state index contributed by atoms with van der Waals surface area (Å²) in [5.74, 6) is -0.382. The largest absolute Gasteiger partial charge is 0.342 e. The van der Waals surface area contributed by atoms with Crippen LogP contribution in [0.4, 0.5) is 9.52 Å². The van der Waals surface area contributed by atoms with Gasteiger partial charge < -0.3 is 10.2 Å². The molecule has 1 unspecified atom stereocenters. The highest BCUT2D eigenvalue weighted by atomic mass is 32.1. The number of carbonyl (C=O) groups excluding carboxylic acids is 2. The van der Waals surface area contributed by atoms with E-state index in [0.717, 1.165) is 23.4 Å². The first kappa shape index (κ1) is 19.9. The molecular weight excluding hydrogens is 391 g/mol. The van der Waals surface area contributed by atoms with Crippen molar-refractivity contribution >= 4 is 28.3 Å². The Balaban J connectivity index is 1.28. The quantitative estimate of drug-likeness (QED) is 0.778. The average Bonchev–Trinajstić information content (AvgIpc) is 3.35. The fourth-order valence-electron chi connectivity index (χ4n) is 4.09. The molecule has 0 bridgehead atoms. The van der Waals surface area contributed by atoms with Crippen molar-refractivity contribution in [3.63, 3.8) is 0 Å². The molecule has 2 aromatic rings. The van der Waals surface area contributed by atoms with Gasteiger partial charge in [0.05, 0.1) is 5.92 Å². The summed E-state index contributed by atoms with van der Waals surface area (Å²) in [5, 5.41) is 12.8. The molecule has 1 aliphatic carbocycles. The van der Waals surface area contributed by atoms with Crippen LogP contribution in [0.2, 0.25) is 0 Å². The topological polar surface area (TPSA) is 75.2 Å². The van der Waals surface area contributed by atoms with E-state index in [1.54, 1.807) is 17.0 Å². The molecule has 154 valence electrons. The lowest BCUT2D eigenvalue weighted by atomic mass is 9.90. The lowest BCUT2D eigenvalue weighted by Crippen LogP contribution is -2.30. The maximum atomic E-state index is 13.0. The van der Waals surface area contributed by atoms with Gasteiger partial charge in [0.15, 0.2) is 0 Å². The number of likely N-dealkylation sites (tertiary alicyclic amines) is 1. The van der Waals surface area contributed by atoms with Gasteiger partial charge in [-0.1, -0.05) is 42.7 Å². The first-order valence-corrected chi connectivity index (χ1v) is 11.1.